The fourth-order valence-electron chi connectivity index (χ4n) is 5.77. The van der Waals surface area contributed by atoms with Crippen molar-refractivity contribution in [2.24, 2.45) is 23.2 Å². The molecular formula is C17H30O. The van der Waals surface area contributed by atoms with E-state index in [0.29, 0.717) is 5.41 Å². The van der Waals surface area contributed by atoms with Crippen LogP contribution in [0.15, 0.2) is 0 Å². The van der Waals surface area contributed by atoms with Gasteiger partial charge in [0.1, 0.15) is 0 Å². The van der Waals surface area contributed by atoms with Gasteiger partial charge in [0.15, 0.2) is 0 Å². The average Bonchev–Trinajstić information content (AvgIpc) is 2.26. The maximum absolute atomic E-state index is 10.3. The molecule has 1 nitrogen and oxygen atoms in total. The summed E-state index contributed by atoms with van der Waals surface area (Å²) in [5, 5.41) is 10.3. The number of aliphatic hydroxyl groups excluding tert-OH is 1. The second kappa shape index (κ2) is 5.15. The smallest absolute Gasteiger partial charge is 0.0545 e. The van der Waals surface area contributed by atoms with E-state index in [4.69, 9.17) is 0 Å². The van der Waals surface area contributed by atoms with Crippen LogP contribution in [0.3, 0.4) is 0 Å². The van der Waals surface area contributed by atoms with Crippen LogP contribution in [-0.2, 0) is 0 Å². The third-order valence-electron chi connectivity index (χ3n) is 5.97. The molecule has 1 unspecified atom stereocenters. The third-order valence-corrected chi connectivity index (χ3v) is 5.97. The molecule has 0 spiro atoms. The minimum absolute atomic E-state index is 0.00667. The first kappa shape index (κ1) is 13.0. The lowest BCUT2D eigenvalue weighted by Gasteiger charge is -2.57. The molecule has 1 atom stereocenters. The maximum Gasteiger partial charge on any atom is 0.0545 e. The van der Waals surface area contributed by atoms with E-state index >= 15 is 0 Å². The number of rotatable bonds is 6. The van der Waals surface area contributed by atoms with E-state index < -0.39 is 0 Å². The molecule has 4 rings (SSSR count). The van der Waals surface area contributed by atoms with Gasteiger partial charge in [-0.1, -0.05) is 26.2 Å². The van der Waals surface area contributed by atoms with E-state index in [-0.39, 0.29) is 6.10 Å². The predicted octanol–water partition coefficient (Wildman–Crippen LogP) is 4.53. The summed E-state index contributed by atoms with van der Waals surface area (Å²) in [5.74, 6) is 3.08. The van der Waals surface area contributed by atoms with E-state index in [1.165, 1.54) is 57.8 Å². The summed E-state index contributed by atoms with van der Waals surface area (Å²) >= 11 is 0. The molecule has 0 saturated heterocycles. The van der Waals surface area contributed by atoms with Crippen LogP contribution in [0.4, 0.5) is 0 Å². The third kappa shape index (κ3) is 2.61. The molecule has 104 valence electrons. The highest BCUT2D eigenvalue weighted by atomic mass is 16.3. The summed E-state index contributed by atoms with van der Waals surface area (Å²) in [6, 6.07) is 0. The summed E-state index contributed by atoms with van der Waals surface area (Å²) < 4.78 is 0. The molecule has 1 N–H and O–H groups in total. The normalized spacial score (nSPS) is 43.3. The Morgan fingerprint density at radius 1 is 1.00 bits per heavy atom. The highest BCUT2D eigenvalue weighted by Gasteiger charge is 2.51. The van der Waals surface area contributed by atoms with Gasteiger partial charge >= 0.3 is 0 Å². The molecule has 0 aromatic carbocycles. The van der Waals surface area contributed by atoms with Gasteiger partial charge in [-0.15, -0.1) is 0 Å². The first-order chi connectivity index (χ1) is 8.69. The topological polar surface area (TPSA) is 20.2 Å². The number of unbranched alkanes of at least 4 members (excludes halogenated alkanes) is 2. The fraction of sp³-hybridized carbons (Fsp3) is 1.00. The van der Waals surface area contributed by atoms with Crippen LogP contribution >= 0.6 is 0 Å². The molecule has 0 amide bonds. The van der Waals surface area contributed by atoms with Gasteiger partial charge in [-0.05, 0) is 74.5 Å². The Morgan fingerprint density at radius 3 is 2.06 bits per heavy atom. The van der Waals surface area contributed by atoms with Crippen molar-refractivity contribution in [2.75, 3.05) is 0 Å². The van der Waals surface area contributed by atoms with Crippen molar-refractivity contribution in [3.8, 4) is 0 Å². The van der Waals surface area contributed by atoms with E-state index in [9.17, 15) is 5.11 Å². The Balaban J connectivity index is 1.55. The summed E-state index contributed by atoms with van der Waals surface area (Å²) in [6.45, 7) is 2.24. The Hall–Kier alpha value is -0.0400. The summed E-state index contributed by atoms with van der Waals surface area (Å²) in [4.78, 5) is 0. The lowest BCUT2D eigenvalue weighted by Crippen LogP contribution is -2.47. The molecular weight excluding hydrogens is 220 g/mol. The van der Waals surface area contributed by atoms with Gasteiger partial charge in [0.05, 0.1) is 6.10 Å². The van der Waals surface area contributed by atoms with Gasteiger partial charge in [0.25, 0.3) is 0 Å². The zero-order valence-corrected chi connectivity index (χ0v) is 12.0. The first-order valence-electron chi connectivity index (χ1n) is 8.37. The molecule has 0 aromatic heterocycles. The van der Waals surface area contributed by atoms with Gasteiger partial charge in [0.2, 0.25) is 0 Å². The summed E-state index contributed by atoms with van der Waals surface area (Å²) in [6.07, 6.45) is 14.9. The number of hydrogen-bond acceptors (Lipinski definition) is 1. The molecule has 0 heterocycles. The molecule has 4 bridgehead atoms. The second-order valence-corrected chi connectivity index (χ2v) is 7.77. The van der Waals surface area contributed by atoms with Gasteiger partial charge < -0.3 is 5.11 Å². The van der Waals surface area contributed by atoms with Crippen LogP contribution in [0.2, 0.25) is 0 Å². The molecule has 0 aliphatic heterocycles. The minimum Gasteiger partial charge on any atom is -0.393 e. The highest BCUT2D eigenvalue weighted by molar-refractivity contribution is 5.01. The maximum atomic E-state index is 10.3. The Kier molecular flexibility index (Phi) is 3.71. The second-order valence-electron chi connectivity index (χ2n) is 7.77. The Bertz CT molecular complexity index is 248. The zero-order chi connectivity index (χ0) is 12.6. The van der Waals surface area contributed by atoms with Crippen LogP contribution in [0.1, 0.15) is 77.6 Å². The summed E-state index contributed by atoms with van der Waals surface area (Å²) in [7, 11) is 0. The highest BCUT2D eigenvalue weighted by Crippen LogP contribution is 2.61. The Labute approximate surface area is 112 Å². The standard InChI is InChI=1S/C17H30O/c1-2-3-4-5-16(18)12-17-9-13-6-14(10-17)8-15(7-13)11-17/h13-16,18H,2-12H2,1H3. The van der Waals surface area contributed by atoms with Crippen molar-refractivity contribution < 1.29 is 5.11 Å². The van der Waals surface area contributed by atoms with Crippen LogP contribution in [0.25, 0.3) is 0 Å². The predicted molar refractivity (Wildman–Crippen MR) is 75.4 cm³/mol. The quantitative estimate of drug-likeness (QED) is 0.686. The molecule has 1 heteroatoms. The van der Waals surface area contributed by atoms with E-state index in [2.05, 4.69) is 6.92 Å². The van der Waals surface area contributed by atoms with Crippen molar-refractivity contribution in [2.45, 2.75) is 83.7 Å². The van der Waals surface area contributed by atoms with Crippen molar-refractivity contribution >= 4 is 0 Å². The first-order valence-corrected chi connectivity index (χ1v) is 8.37. The molecule has 18 heavy (non-hydrogen) atoms. The SMILES string of the molecule is CCCCCC(O)CC12CC3CC(CC(C3)C1)C2. The summed E-state index contributed by atoms with van der Waals surface area (Å²) in [5.41, 5.74) is 0.570. The van der Waals surface area contributed by atoms with Crippen molar-refractivity contribution in [3.05, 3.63) is 0 Å². The van der Waals surface area contributed by atoms with Crippen LogP contribution < -0.4 is 0 Å². The zero-order valence-electron chi connectivity index (χ0n) is 12.0. The van der Waals surface area contributed by atoms with E-state index in [0.717, 1.165) is 30.6 Å². The van der Waals surface area contributed by atoms with Crippen molar-refractivity contribution in [1.29, 1.82) is 0 Å². The molecule has 4 saturated carbocycles. The molecule has 4 aliphatic carbocycles. The lowest BCUT2D eigenvalue weighted by molar-refractivity contribution is -0.0768. The Morgan fingerprint density at radius 2 is 1.56 bits per heavy atom. The van der Waals surface area contributed by atoms with Crippen molar-refractivity contribution in [1.82, 2.24) is 0 Å². The average molecular weight is 250 g/mol. The van der Waals surface area contributed by atoms with Crippen molar-refractivity contribution in [3.63, 3.8) is 0 Å². The lowest BCUT2D eigenvalue weighted by atomic mass is 9.48. The number of aliphatic hydroxyl groups is 1. The molecule has 4 aliphatic rings. The van der Waals surface area contributed by atoms with E-state index in [1.54, 1.807) is 0 Å². The molecule has 0 radical (unpaired) electrons. The van der Waals surface area contributed by atoms with Gasteiger partial charge in [-0.25, -0.2) is 0 Å². The van der Waals surface area contributed by atoms with Crippen LogP contribution in [0, 0.1) is 23.2 Å². The number of hydrogen-bond donors (Lipinski definition) is 1. The minimum atomic E-state index is -0.00667. The van der Waals surface area contributed by atoms with Crippen LogP contribution in [0.5, 0.6) is 0 Å². The van der Waals surface area contributed by atoms with Crippen LogP contribution in [-0.4, -0.2) is 11.2 Å². The molecule has 4 fully saturated rings. The van der Waals surface area contributed by atoms with Gasteiger partial charge in [-0.2, -0.15) is 0 Å². The fourth-order valence-corrected chi connectivity index (χ4v) is 5.77. The van der Waals surface area contributed by atoms with Gasteiger partial charge in [-0.3, -0.25) is 0 Å². The monoisotopic (exact) mass is 250 g/mol. The largest absolute Gasteiger partial charge is 0.393 e. The van der Waals surface area contributed by atoms with Gasteiger partial charge in [0, 0.05) is 0 Å². The molecule has 0 aromatic rings. The van der Waals surface area contributed by atoms with E-state index in [1.807, 2.05) is 0 Å².